The van der Waals surface area contributed by atoms with Gasteiger partial charge in [-0.25, -0.2) is 13.1 Å². The van der Waals surface area contributed by atoms with Crippen LogP contribution in [-0.2, 0) is 21.3 Å². The number of sulfonamides is 1. The Hall–Kier alpha value is -1.39. The van der Waals surface area contributed by atoms with E-state index >= 15 is 0 Å². The normalized spacial score (nSPS) is 10.8. The zero-order chi connectivity index (χ0) is 14.1. The summed E-state index contributed by atoms with van der Waals surface area (Å²) >= 11 is 0. The van der Waals surface area contributed by atoms with Gasteiger partial charge in [0.05, 0.1) is 18.9 Å². The first-order valence-corrected chi connectivity index (χ1v) is 7.47. The summed E-state index contributed by atoms with van der Waals surface area (Å²) in [7, 11) is -1.84. The summed E-state index contributed by atoms with van der Waals surface area (Å²) in [5.41, 5.74) is 6.97. The summed E-state index contributed by atoms with van der Waals surface area (Å²) in [6, 6.07) is 7.36. The molecule has 0 fully saturated rings. The van der Waals surface area contributed by atoms with Crippen LogP contribution in [0.1, 0.15) is 11.1 Å². The predicted octanol–water partition coefficient (Wildman–Crippen LogP) is 0.0626. The molecule has 1 rings (SSSR count). The molecule has 1 aromatic carbocycles. The molecule has 19 heavy (non-hydrogen) atoms. The van der Waals surface area contributed by atoms with Gasteiger partial charge in [-0.15, -0.1) is 0 Å². The number of nitrogens with two attached hydrogens (primary N) is 1. The lowest BCUT2D eigenvalue weighted by atomic mass is 10.1. The Morgan fingerprint density at radius 2 is 2.21 bits per heavy atom. The highest BCUT2D eigenvalue weighted by Gasteiger charge is 2.09. The van der Waals surface area contributed by atoms with Crippen LogP contribution in [0.15, 0.2) is 24.3 Å². The van der Waals surface area contributed by atoms with Crippen molar-refractivity contribution in [3.8, 4) is 11.8 Å². The maximum atomic E-state index is 11.6. The topological polar surface area (TPSA) is 81.4 Å². The summed E-state index contributed by atoms with van der Waals surface area (Å²) in [5, 5.41) is 0. The first-order chi connectivity index (χ1) is 9.07. The van der Waals surface area contributed by atoms with Gasteiger partial charge in [0, 0.05) is 19.2 Å². The Labute approximate surface area is 114 Å². The van der Waals surface area contributed by atoms with E-state index in [1.807, 2.05) is 24.3 Å². The number of methoxy groups -OCH3 is 1. The highest BCUT2D eigenvalue weighted by atomic mass is 32.2. The van der Waals surface area contributed by atoms with E-state index in [1.54, 1.807) is 0 Å². The smallest absolute Gasteiger partial charge is 0.214 e. The fraction of sp³-hybridized carbons (Fsp3) is 0.385. The first kappa shape index (κ1) is 15.7. The van der Waals surface area contributed by atoms with Gasteiger partial charge < -0.3 is 10.5 Å². The van der Waals surface area contributed by atoms with Gasteiger partial charge in [-0.3, -0.25) is 0 Å². The van der Waals surface area contributed by atoms with E-state index in [9.17, 15) is 8.42 Å². The molecule has 0 atom stereocenters. The van der Waals surface area contributed by atoms with Crippen molar-refractivity contribution in [2.24, 2.45) is 5.73 Å². The van der Waals surface area contributed by atoms with Crippen molar-refractivity contribution in [3.05, 3.63) is 35.4 Å². The van der Waals surface area contributed by atoms with E-state index in [1.165, 1.54) is 7.11 Å². The number of rotatable bonds is 6. The van der Waals surface area contributed by atoms with Gasteiger partial charge in [-0.1, -0.05) is 24.0 Å². The highest BCUT2D eigenvalue weighted by Crippen LogP contribution is 2.04. The predicted molar refractivity (Wildman–Crippen MR) is 74.9 cm³/mol. The molecule has 0 aromatic heterocycles. The molecule has 0 aliphatic rings. The molecule has 1 aromatic rings. The molecular weight excluding hydrogens is 264 g/mol. The Bertz CT molecular complexity index is 559. The molecular formula is C13H18N2O3S. The van der Waals surface area contributed by atoms with Crippen molar-refractivity contribution in [1.29, 1.82) is 0 Å². The lowest BCUT2D eigenvalue weighted by Crippen LogP contribution is -2.27. The van der Waals surface area contributed by atoms with Crippen molar-refractivity contribution in [1.82, 2.24) is 4.72 Å². The van der Waals surface area contributed by atoms with Crippen molar-refractivity contribution in [2.75, 3.05) is 26.0 Å². The molecule has 0 unspecified atom stereocenters. The molecule has 6 heteroatoms. The summed E-state index contributed by atoms with van der Waals surface area (Å²) < 4.78 is 30.4. The summed E-state index contributed by atoms with van der Waals surface area (Å²) in [6.07, 6.45) is 0. The van der Waals surface area contributed by atoms with E-state index in [0.29, 0.717) is 6.54 Å². The SMILES string of the molecule is COCCS(=O)(=O)NCc1cccc(C#CCN)c1. The van der Waals surface area contributed by atoms with Crippen LogP contribution in [-0.4, -0.2) is 34.4 Å². The summed E-state index contributed by atoms with van der Waals surface area (Å²) in [4.78, 5) is 0. The molecule has 0 aliphatic carbocycles. The van der Waals surface area contributed by atoms with Crippen LogP contribution in [0.5, 0.6) is 0 Å². The fourth-order valence-electron chi connectivity index (χ4n) is 1.37. The number of hydrogen-bond acceptors (Lipinski definition) is 4. The largest absolute Gasteiger partial charge is 0.384 e. The fourth-order valence-corrected chi connectivity index (χ4v) is 2.29. The van der Waals surface area contributed by atoms with Crippen LogP contribution < -0.4 is 10.5 Å². The van der Waals surface area contributed by atoms with Crippen molar-refractivity contribution in [3.63, 3.8) is 0 Å². The minimum atomic E-state index is -3.30. The van der Waals surface area contributed by atoms with E-state index in [-0.39, 0.29) is 18.9 Å². The Morgan fingerprint density at radius 1 is 1.42 bits per heavy atom. The number of ether oxygens (including phenoxy) is 1. The molecule has 0 amide bonds. The van der Waals surface area contributed by atoms with E-state index in [0.717, 1.165) is 11.1 Å². The van der Waals surface area contributed by atoms with Crippen LogP contribution in [0.2, 0.25) is 0 Å². The van der Waals surface area contributed by atoms with Gasteiger partial charge in [-0.2, -0.15) is 0 Å². The average Bonchev–Trinajstić information content (AvgIpc) is 2.41. The van der Waals surface area contributed by atoms with Crippen molar-refractivity contribution < 1.29 is 13.2 Å². The van der Waals surface area contributed by atoms with Crippen LogP contribution >= 0.6 is 0 Å². The molecule has 5 nitrogen and oxygen atoms in total. The second-order valence-corrected chi connectivity index (χ2v) is 5.77. The lowest BCUT2D eigenvalue weighted by molar-refractivity contribution is 0.217. The molecule has 3 N–H and O–H groups in total. The zero-order valence-corrected chi connectivity index (χ0v) is 11.7. The molecule has 0 aliphatic heterocycles. The van der Waals surface area contributed by atoms with Crippen molar-refractivity contribution >= 4 is 10.0 Å². The maximum Gasteiger partial charge on any atom is 0.214 e. The van der Waals surface area contributed by atoms with Gasteiger partial charge in [0.2, 0.25) is 10.0 Å². The highest BCUT2D eigenvalue weighted by molar-refractivity contribution is 7.89. The molecule has 0 heterocycles. The molecule has 0 bridgehead atoms. The van der Waals surface area contributed by atoms with Crippen LogP contribution in [0, 0.1) is 11.8 Å². The van der Waals surface area contributed by atoms with Crippen LogP contribution in [0.3, 0.4) is 0 Å². The third kappa shape index (κ3) is 6.36. The maximum absolute atomic E-state index is 11.6. The van der Waals surface area contributed by atoms with Crippen LogP contribution in [0.4, 0.5) is 0 Å². The monoisotopic (exact) mass is 282 g/mol. The Balaban J connectivity index is 2.63. The third-order valence-electron chi connectivity index (χ3n) is 2.31. The molecule has 0 spiro atoms. The third-order valence-corrected chi connectivity index (χ3v) is 3.60. The van der Waals surface area contributed by atoms with E-state index in [2.05, 4.69) is 16.6 Å². The van der Waals surface area contributed by atoms with Gasteiger partial charge >= 0.3 is 0 Å². The number of nitrogens with one attached hydrogen (secondary N) is 1. The quantitative estimate of drug-likeness (QED) is 0.723. The number of benzene rings is 1. The minimum Gasteiger partial charge on any atom is -0.384 e. The van der Waals surface area contributed by atoms with Gasteiger partial charge in [0.25, 0.3) is 0 Å². The molecule has 0 radical (unpaired) electrons. The second-order valence-electron chi connectivity index (χ2n) is 3.84. The zero-order valence-electron chi connectivity index (χ0n) is 10.8. The average molecular weight is 282 g/mol. The molecule has 104 valence electrons. The van der Waals surface area contributed by atoms with Gasteiger partial charge in [0.15, 0.2) is 0 Å². The van der Waals surface area contributed by atoms with E-state index in [4.69, 9.17) is 10.5 Å². The standard InChI is InChI=1S/C13H18N2O3S/c1-18-8-9-19(16,17)15-11-13-5-2-4-12(10-13)6-3-7-14/h2,4-5,10,15H,7-9,11,14H2,1H3. The molecule has 0 saturated carbocycles. The van der Waals surface area contributed by atoms with E-state index < -0.39 is 10.0 Å². The van der Waals surface area contributed by atoms with Gasteiger partial charge in [0.1, 0.15) is 0 Å². The van der Waals surface area contributed by atoms with Crippen molar-refractivity contribution in [2.45, 2.75) is 6.54 Å². The lowest BCUT2D eigenvalue weighted by Gasteiger charge is -2.06. The summed E-state index contributed by atoms with van der Waals surface area (Å²) in [6.45, 7) is 0.718. The molecule has 0 saturated heterocycles. The van der Waals surface area contributed by atoms with Crippen LogP contribution in [0.25, 0.3) is 0 Å². The Morgan fingerprint density at radius 3 is 2.89 bits per heavy atom. The minimum absolute atomic E-state index is 0.0455. The second kappa shape index (κ2) is 7.92. The Kier molecular flexibility index (Phi) is 6.53. The first-order valence-electron chi connectivity index (χ1n) is 5.81. The van der Waals surface area contributed by atoms with Gasteiger partial charge in [-0.05, 0) is 17.7 Å². The summed E-state index contributed by atoms with van der Waals surface area (Å²) in [5.74, 6) is 5.61. The number of hydrogen-bond donors (Lipinski definition) is 2.